The number of carbonyl (C=O) groups excluding carboxylic acids is 1. The average molecular weight is 309 g/mol. The molecule has 6 heteroatoms. The van der Waals surface area contributed by atoms with Gasteiger partial charge in [0.25, 0.3) is 5.91 Å². The summed E-state index contributed by atoms with van der Waals surface area (Å²) in [5, 5.41) is 9.41. The Hall–Kier alpha value is -1.53. The maximum Gasteiger partial charge on any atom is 0.313 e. The van der Waals surface area contributed by atoms with Crippen LogP contribution in [0.15, 0.2) is 29.2 Å². The van der Waals surface area contributed by atoms with E-state index in [1.165, 1.54) is 7.11 Å². The van der Waals surface area contributed by atoms with Crippen molar-refractivity contribution < 1.29 is 19.4 Å². The molecule has 1 amide bonds. The molecule has 1 aromatic carbocycles. The van der Waals surface area contributed by atoms with Crippen molar-refractivity contribution in [3.05, 3.63) is 29.8 Å². The number of ether oxygens (including phenoxy) is 1. The molecule has 1 N–H and O–H groups in total. The van der Waals surface area contributed by atoms with Crippen molar-refractivity contribution in [2.24, 2.45) is 5.41 Å². The van der Waals surface area contributed by atoms with Gasteiger partial charge in [0, 0.05) is 30.7 Å². The zero-order valence-corrected chi connectivity index (χ0v) is 13.0. The summed E-state index contributed by atoms with van der Waals surface area (Å²) in [4.78, 5) is 26.6. The highest BCUT2D eigenvalue weighted by Crippen LogP contribution is 2.32. The molecule has 2 rings (SSSR count). The van der Waals surface area contributed by atoms with E-state index in [-0.39, 0.29) is 19.1 Å². The van der Waals surface area contributed by atoms with Crippen molar-refractivity contribution >= 4 is 23.6 Å². The summed E-state index contributed by atoms with van der Waals surface area (Å²) in [7, 11) is 1.48. The number of rotatable bonds is 5. The first kappa shape index (κ1) is 15.9. The number of aliphatic carboxylic acids is 1. The van der Waals surface area contributed by atoms with Gasteiger partial charge in [0.1, 0.15) is 5.41 Å². The number of carboxylic acids is 1. The van der Waals surface area contributed by atoms with Crippen LogP contribution in [0, 0.1) is 5.41 Å². The van der Waals surface area contributed by atoms with Gasteiger partial charge < -0.3 is 14.7 Å². The fourth-order valence-electron chi connectivity index (χ4n) is 2.59. The van der Waals surface area contributed by atoms with E-state index in [1.54, 1.807) is 28.8 Å². The van der Waals surface area contributed by atoms with Gasteiger partial charge in [-0.05, 0) is 36.9 Å². The van der Waals surface area contributed by atoms with E-state index in [4.69, 9.17) is 4.74 Å². The number of likely N-dealkylation sites (tertiary alicyclic amines) is 1. The predicted molar refractivity (Wildman–Crippen MR) is 80.7 cm³/mol. The van der Waals surface area contributed by atoms with Crippen LogP contribution in [0.1, 0.15) is 16.8 Å². The number of methoxy groups -OCH3 is 1. The quantitative estimate of drug-likeness (QED) is 0.842. The van der Waals surface area contributed by atoms with Crippen LogP contribution in [0.3, 0.4) is 0 Å². The van der Waals surface area contributed by atoms with E-state index in [9.17, 15) is 14.7 Å². The number of carbonyl (C=O) groups is 2. The van der Waals surface area contributed by atoms with Crippen LogP contribution in [0.4, 0.5) is 0 Å². The zero-order chi connectivity index (χ0) is 15.5. The van der Waals surface area contributed by atoms with Gasteiger partial charge in [0.2, 0.25) is 0 Å². The number of carboxylic acid groups (broad SMARTS) is 1. The van der Waals surface area contributed by atoms with Crippen LogP contribution >= 0.6 is 11.8 Å². The predicted octanol–water partition coefficient (Wildman–Crippen LogP) is 1.97. The highest BCUT2D eigenvalue weighted by molar-refractivity contribution is 7.98. The molecule has 1 fully saturated rings. The first-order valence-electron chi connectivity index (χ1n) is 6.68. The number of benzene rings is 1. The van der Waals surface area contributed by atoms with Crippen LogP contribution in [0.5, 0.6) is 0 Å². The van der Waals surface area contributed by atoms with Crippen LogP contribution in [-0.2, 0) is 9.53 Å². The highest BCUT2D eigenvalue weighted by Gasteiger charge is 2.46. The van der Waals surface area contributed by atoms with Gasteiger partial charge in [0.15, 0.2) is 0 Å². The number of nitrogens with zero attached hydrogens (tertiary/aromatic N) is 1. The number of hydrogen-bond acceptors (Lipinski definition) is 4. The van der Waals surface area contributed by atoms with Crippen molar-refractivity contribution in [2.75, 3.05) is 33.1 Å². The molecule has 5 nitrogen and oxygen atoms in total. The van der Waals surface area contributed by atoms with Gasteiger partial charge in [-0.25, -0.2) is 0 Å². The van der Waals surface area contributed by atoms with Crippen molar-refractivity contribution in [1.29, 1.82) is 0 Å². The molecular weight excluding hydrogens is 290 g/mol. The van der Waals surface area contributed by atoms with Crippen molar-refractivity contribution in [3.8, 4) is 0 Å². The van der Waals surface area contributed by atoms with Gasteiger partial charge in [-0.15, -0.1) is 11.8 Å². The van der Waals surface area contributed by atoms with Gasteiger partial charge >= 0.3 is 5.97 Å². The molecule has 0 saturated carbocycles. The van der Waals surface area contributed by atoms with Gasteiger partial charge in [0.05, 0.1) is 6.61 Å². The summed E-state index contributed by atoms with van der Waals surface area (Å²) in [5.41, 5.74) is -0.393. The summed E-state index contributed by atoms with van der Waals surface area (Å²) in [6.45, 7) is 0.760. The van der Waals surface area contributed by atoms with E-state index in [0.29, 0.717) is 18.5 Å². The maximum atomic E-state index is 12.4. The molecular formula is C15H19NO4S. The minimum Gasteiger partial charge on any atom is -0.481 e. The minimum absolute atomic E-state index is 0.123. The fraction of sp³-hybridized carbons (Fsp3) is 0.467. The Labute approximate surface area is 128 Å². The Morgan fingerprint density at radius 1 is 1.38 bits per heavy atom. The zero-order valence-electron chi connectivity index (χ0n) is 12.2. The Morgan fingerprint density at radius 2 is 2.05 bits per heavy atom. The van der Waals surface area contributed by atoms with E-state index in [1.807, 2.05) is 18.4 Å². The standard InChI is InChI=1S/C15H19NO4S/c1-20-10-15(14(18)19)7-8-16(9-15)13(17)11-3-5-12(21-2)6-4-11/h3-6H,7-10H2,1-2H3,(H,18,19). The van der Waals surface area contributed by atoms with E-state index >= 15 is 0 Å². The molecule has 1 aromatic rings. The molecule has 21 heavy (non-hydrogen) atoms. The van der Waals surface area contributed by atoms with Gasteiger partial charge in [-0.3, -0.25) is 9.59 Å². The summed E-state index contributed by atoms with van der Waals surface area (Å²) in [6.07, 6.45) is 2.40. The smallest absolute Gasteiger partial charge is 0.313 e. The topological polar surface area (TPSA) is 66.8 Å². The normalized spacial score (nSPS) is 21.5. The molecule has 0 bridgehead atoms. The lowest BCUT2D eigenvalue weighted by Crippen LogP contribution is -2.40. The Kier molecular flexibility index (Phi) is 4.90. The molecule has 1 aliphatic rings. The van der Waals surface area contributed by atoms with Gasteiger partial charge in [-0.1, -0.05) is 0 Å². The van der Waals surface area contributed by atoms with Crippen molar-refractivity contribution in [1.82, 2.24) is 4.90 Å². The first-order valence-corrected chi connectivity index (χ1v) is 7.90. The summed E-state index contributed by atoms with van der Waals surface area (Å²) < 4.78 is 5.03. The Bertz CT molecular complexity index is 531. The average Bonchev–Trinajstić information content (AvgIpc) is 2.93. The summed E-state index contributed by atoms with van der Waals surface area (Å²) in [5.74, 6) is -1.03. The first-order chi connectivity index (χ1) is 10.0. The number of thioether (sulfide) groups is 1. The van der Waals surface area contributed by atoms with Crippen LogP contribution in [0.25, 0.3) is 0 Å². The Balaban J connectivity index is 2.12. The number of amides is 1. The third-order valence-electron chi connectivity index (χ3n) is 3.85. The second-order valence-electron chi connectivity index (χ2n) is 5.22. The second-order valence-corrected chi connectivity index (χ2v) is 6.10. The molecule has 1 unspecified atom stereocenters. The molecule has 1 saturated heterocycles. The van der Waals surface area contributed by atoms with E-state index < -0.39 is 11.4 Å². The molecule has 1 atom stereocenters. The fourth-order valence-corrected chi connectivity index (χ4v) is 3.00. The molecule has 0 aromatic heterocycles. The third-order valence-corrected chi connectivity index (χ3v) is 4.60. The van der Waals surface area contributed by atoms with Crippen LogP contribution in [0.2, 0.25) is 0 Å². The summed E-state index contributed by atoms with van der Waals surface area (Å²) in [6, 6.07) is 7.36. The maximum absolute atomic E-state index is 12.4. The van der Waals surface area contributed by atoms with E-state index in [0.717, 1.165) is 4.90 Å². The Morgan fingerprint density at radius 3 is 2.57 bits per heavy atom. The lowest BCUT2D eigenvalue weighted by Gasteiger charge is -2.23. The van der Waals surface area contributed by atoms with Crippen molar-refractivity contribution in [3.63, 3.8) is 0 Å². The molecule has 0 aliphatic carbocycles. The highest BCUT2D eigenvalue weighted by atomic mass is 32.2. The molecule has 114 valence electrons. The van der Waals surface area contributed by atoms with Crippen LogP contribution in [-0.4, -0.2) is 54.9 Å². The molecule has 0 radical (unpaired) electrons. The molecule has 1 heterocycles. The lowest BCUT2D eigenvalue weighted by atomic mass is 9.88. The monoisotopic (exact) mass is 309 g/mol. The summed E-state index contributed by atoms with van der Waals surface area (Å²) >= 11 is 1.61. The SMILES string of the molecule is COCC1(C(=O)O)CCN(C(=O)c2ccc(SC)cc2)C1. The van der Waals surface area contributed by atoms with Crippen LogP contribution < -0.4 is 0 Å². The van der Waals surface area contributed by atoms with Crippen molar-refractivity contribution in [2.45, 2.75) is 11.3 Å². The minimum atomic E-state index is -0.983. The lowest BCUT2D eigenvalue weighted by molar-refractivity contribution is -0.151. The molecule has 0 spiro atoms. The third kappa shape index (κ3) is 3.22. The van der Waals surface area contributed by atoms with Gasteiger partial charge in [-0.2, -0.15) is 0 Å². The van der Waals surface area contributed by atoms with E-state index in [2.05, 4.69) is 0 Å². The molecule has 1 aliphatic heterocycles. The number of hydrogen-bond donors (Lipinski definition) is 1. The second kappa shape index (κ2) is 6.49. The largest absolute Gasteiger partial charge is 0.481 e.